The van der Waals surface area contributed by atoms with E-state index in [0.717, 1.165) is 0 Å². The normalized spacial score (nSPS) is 12.4. The Morgan fingerprint density at radius 1 is 1.62 bits per heavy atom. The van der Waals surface area contributed by atoms with Crippen LogP contribution in [0.3, 0.4) is 0 Å². The van der Waals surface area contributed by atoms with Crippen LogP contribution >= 0.6 is 0 Å². The smallest absolute Gasteiger partial charge is 0.320 e. The molecule has 1 rings (SSSR count). The lowest BCUT2D eigenvalue weighted by atomic mass is 10.2. The quantitative estimate of drug-likeness (QED) is 0.596. The fourth-order valence-corrected chi connectivity index (χ4v) is 0.888. The highest BCUT2D eigenvalue weighted by molar-refractivity contribution is 5.72. The summed E-state index contributed by atoms with van der Waals surface area (Å²) in [6, 6.07) is 2.82. The van der Waals surface area contributed by atoms with Crippen molar-refractivity contribution in [3.8, 4) is 0 Å². The highest BCUT2D eigenvalue weighted by Crippen LogP contribution is 1.87. The van der Waals surface area contributed by atoms with Crippen LogP contribution < -0.4 is 10.4 Å². The minimum atomic E-state index is -0.975. The molecule has 13 heavy (non-hydrogen) atoms. The monoisotopic (exact) mass is 182 g/mol. The maximum Gasteiger partial charge on any atom is 0.320 e. The van der Waals surface area contributed by atoms with Crippen LogP contribution in [0.1, 0.15) is 6.42 Å². The molecule has 0 fully saturated rings. The molecule has 0 amide bonds. The van der Waals surface area contributed by atoms with Gasteiger partial charge in [0, 0.05) is 12.5 Å². The predicted molar refractivity (Wildman–Crippen MR) is 44.7 cm³/mol. The second-order valence-electron chi connectivity index (χ2n) is 2.69. The molecule has 0 aliphatic heterocycles. The fourth-order valence-electron chi connectivity index (χ4n) is 0.888. The van der Waals surface area contributed by atoms with Crippen molar-refractivity contribution in [3.05, 3.63) is 24.5 Å². The summed E-state index contributed by atoms with van der Waals surface area (Å²) in [4.78, 5) is 10.4. The molecule has 0 spiro atoms. The minimum absolute atomic E-state index is 0.386. The van der Waals surface area contributed by atoms with Gasteiger partial charge < -0.3 is 10.8 Å². The van der Waals surface area contributed by atoms with E-state index in [-0.39, 0.29) is 0 Å². The van der Waals surface area contributed by atoms with Gasteiger partial charge in [-0.15, -0.1) is 0 Å². The number of hydrogen-bond donors (Lipinski definition) is 2. The molecule has 0 unspecified atom stereocenters. The summed E-state index contributed by atoms with van der Waals surface area (Å²) in [6.07, 6.45) is 3.80. The number of carboxylic acid groups (broad SMARTS) is 1. The average molecular weight is 182 g/mol. The topological polar surface area (TPSA) is 80.1 Å². The molecular weight excluding hydrogens is 170 g/mol. The van der Waals surface area contributed by atoms with Gasteiger partial charge in [0.15, 0.2) is 12.7 Å². The van der Waals surface area contributed by atoms with Crippen molar-refractivity contribution in [1.82, 2.24) is 5.10 Å². The molecule has 0 bridgehead atoms. The third kappa shape index (κ3) is 3.16. The predicted octanol–water partition coefficient (Wildman–Crippen LogP) is -0.829. The van der Waals surface area contributed by atoms with Crippen LogP contribution in [0.5, 0.6) is 0 Å². The van der Waals surface area contributed by atoms with Crippen LogP contribution in [-0.4, -0.2) is 22.2 Å². The van der Waals surface area contributed by atoms with Gasteiger partial charge in [0.25, 0.3) is 0 Å². The van der Waals surface area contributed by atoms with E-state index in [0.29, 0.717) is 13.0 Å². The highest BCUT2D eigenvalue weighted by atomic mass is 16.4. The number of nitrogens with two attached hydrogens (primary N) is 1. The number of aromatic nitrogens is 2. The van der Waals surface area contributed by atoms with Crippen molar-refractivity contribution in [3.63, 3.8) is 0 Å². The van der Waals surface area contributed by atoms with Crippen molar-refractivity contribution in [2.45, 2.75) is 19.0 Å². The molecule has 70 valence electrons. The molecule has 1 aromatic heterocycles. The summed E-state index contributed by atoms with van der Waals surface area (Å²) in [6.45, 7) is 0.522. The van der Waals surface area contributed by atoms with Gasteiger partial charge in [-0.2, -0.15) is 0 Å². The zero-order valence-corrected chi connectivity index (χ0v) is 7.13. The fraction of sp³-hybridized carbons (Fsp3) is 0.375. The molecule has 0 radical (unpaired) electrons. The van der Waals surface area contributed by atoms with Crippen molar-refractivity contribution >= 4 is 5.97 Å². The zero-order valence-electron chi connectivity index (χ0n) is 7.13. The maximum atomic E-state index is 10.4. The van der Waals surface area contributed by atoms with E-state index < -0.39 is 12.0 Å². The van der Waals surface area contributed by atoms with Crippen molar-refractivity contribution in [1.29, 1.82) is 0 Å². The number of rotatable bonds is 4. The van der Waals surface area contributed by atoms with Gasteiger partial charge in [0.1, 0.15) is 6.04 Å². The van der Waals surface area contributed by atoms with E-state index in [4.69, 9.17) is 10.8 Å². The van der Waals surface area contributed by atoms with Crippen LogP contribution in [0.4, 0.5) is 0 Å². The first kappa shape index (κ1) is 9.60. The zero-order chi connectivity index (χ0) is 9.68. The molecule has 1 atom stereocenters. The van der Waals surface area contributed by atoms with E-state index in [2.05, 4.69) is 5.10 Å². The summed E-state index contributed by atoms with van der Waals surface area (Å²) in [5.74, 6) is -0.975. The van der Waals surface area contributed by atoms with Gasteiger partial charge in [-0.1, -0.05) is 4.68 Å². The Labute approximate surface area is 75.8 Å². The molecule has 0 saturated heterocycles. The van der Waals surface area contributed by atoms with Gasteiger partial charge in [-0.3, -0.25) is 4.79 Å². The van der Waals surface area contributed by atoms with Crippen LogP contribution in [0.2, 0.25) is 0 Å². The van der Waals surface area contributed by atoms with Gasteiger partial charge in [-0.25, -0.2) is 0 Å². The third-order valence-electron chi connectivity index (χ3n) is 1.66. The van der Waals surface area contributed by atoms with E-state index in [1.54, 1.807) is 23.1 Å². The lowest BCUT2D eigenvalue weighted by molar-refractivity contribution is -0.754. The lowest BCUT2D eigenvalue weighted by Gasteiger charge is -2.00. The number of aryl methyl sites for hydroxylation is 1. The largest absolute Gasteiger partial charge is 0.480 e. The molecule has 5 nitrogen and oxygen atoms in total. The Morgan fingerprint density at radius 2 is 2.38 bits per heavy atom. The van der Waals surface area contributed by atoms with Gasteiger partial charge >= 0.3 is 5.97 Å². The van der Waals surface area contributed by atoms with Crippen LogP contribution in [0.25, 0.3) is 0 Å². The second kappa shape index (κ2) is 4.51. The van der Waals surface area contributed by atoms with Crippen molar-refractivity contribution in [2.75, 3.05) is 0 Å². The van der Waals surface area contributed by atoms with Crippen LogP contribution in [-0.2, 0) is 11.3 Å². The molecule has 0 aliphatic rings. The molecule has 5 heteroatoms. The Balaban J connectivity index is 2.39. The third-order valence-corrected chi connectivity index (χ3v) is 1.66. The molecule has 0 aliphatic carbocycles. The SMILES string of the molecule is N[C@@H](CC[n+]1ccccn1)C(=O)O. The van der Waals surface area contributed by atoms with Gasteiger partial charge in [0.05, 0.1) is 6.20 Å². The van der Waals surface area contributed by atoms with Crippen LogP contribution in [0.15, 0.2) is 24.5 Å². The first-order chi connectivity index (χ1) is 6.20. The maximum absolute atomic E-state index is 10.4. The summed E-state index contributed by atoms with van der Waals surface area (Å²) >= 11 is 0. The Bertz CT molecular complexity index is 276. The summed E-state index contributed by atoms with van der Waals surface area (Å²) < 4.78 is 1.66. The van der Waals surface area contributed by atoms with E-state index >= 15 is 0 Å². The first-order valence-electron chi connectivity index (χ1n) is 3.99. The Morgan fingerprint density at radius 3 is 2.92 bits per heavy atom. The Kier molecular flexibility index (Phi) is 3.33. The number of carbonyl (C=O) groups is 1. The Hall–Kier alpha value is -1.49. The van der Waals surface area contributed by atoms with Gasteiger partial charge in [0.2, 0.25) is 0 Å². The second-order valence-corrected chi connectivity index (χ2v) is 2.69. The van der Waals surface area contributed by atoms with E-state index in [1.807, 2.05) is 6.07 Å². The summed E-state index contributed by atoms with van der Waals surface area (Å²) in [5, 5.41) is 12.5. The number of nitrogens with zero attached hydrogens (tertiary/aromatic N) is 2. The minimum Gasteiger partial charge on any atom is -0.480 e. The molecule has 1 heterocycles. The van der Waals surface area contributed by atoms with E-state index in [1.165, 1.54) is 0 Å². The van der Waals surface area contributed by atoms with E-state index in [9.17, 15) is 4.79 Å². The molecule has 0 saturated carbocycles. The summed E-state index contributed by atoms with van der Waals surface area (Å²) in [5.41, 5.74) is 5.32. The molecule has 0 aromatic carbocycles. The van der Waals surface area contributed by atoms with Gasteiger partial charge in [-0.05, 0) is 11.2 Å². The van der Waals surface area contributed by atoms with Crippen LogP contribution in [0, 0.1) is 0 Å². The molecular formula is C8H12N3O2+. The number of carboxylic acids is 1. The highest BCUT2D eigenvalue weighted by Gasteiger charge is 2.13. The van der Waals surface area contributed by atoms with Crippen molar-refractivity contribution < 1.29 is 14.6 Å². The lowest BCUT2D eigenvalue weighted by Crippen LogP contribution is -2.41. The number of hydrogen-bond acceptors (Lipinski definition) is 3. The standard InChI is InChI=1S/C8H11N3O2/c9-7(8(12)13)3-6-11-5-2-1-4-10-11/h1-2,4-5,7H,3,6,9H2/p+1/t7-/m0/s1. The average Bonchev–Trinajstić information content (AvgIpc) is 2.15. The first-order valence-corrected chi connectivity index (χ1v) is 3.99. The number of aliphatic carboxylic acids is 1. The summed E-state index contributed by atoms with van der Waals surface area (Å²) in [7, 11) is 0. The molecule has 3 N–H and O–H groups in total. The molecule has 1 aromatic rings. The van der Waals surface area contributed by atoms with Crippen molar-refractivity contribution in [2.24, 2.45) is 5.73 Å².